The van der Waals surface area contributed by atoms with E-state index in [4.69, 9.17) is 0 Å². The maximum Gasteiger partial charge on any atom is 0.243 e. The molecule has 0 aromatic heterocycles. The molecule has 2 bridgehead atoms. The summed E-state index contributed by atoms with van der Waals surface area (Å²) in [7, 11) is -3.40. The normalized spacial score (nSPS) is 30.2. The van der Waals surface area contributed by atoms with Gasteiger partial charge >= 0.3 is 0 Å². The molecule has 1 saturated heterocycles. The van der Waals surface area contributed by atoms with Gasteiger partial charge in [-0.3, -0.25) is 4.90 Å². The number of benzene rings is 2. The molecule has 4 nitrogen and oxygen atoms in total. The lowest BCUT2D eigenvalue weighted by atomic mass is 9.93. The molecule has 1 heterocycles. The Labute approximate surface area is 155 Å². The number of fused-ring (bicyclic) bond motifs is 3. The first-order valence-corrected chi connectivity index (χ1v) is 11.3. The number of hydrogen-bond acceptors (Lipinski definition) is 3. The van der Waals surface area contributed by atoms with Crippen molar-refractivity contribution in [1.82, 2.24) is 9.21 Å². The summed E-state index contributed by atoms with van der Waals surface area (Å²) < 4.78 is 27.9. The Balaban J connectivity index is 1.31. The standard InChI is InChI=1S/C21H26N2O2S/c24-26(25,20-8-7-17-3-1-2-4-18(17)15-20)23-11-9-22(10-12-23)21-14-16-5-6-19(21)13-16/h1-4,7-8,15-16,19,21H,5-6,9-14H2/t16-,19+,21-/m0/s1. The fourth-order valence-corrected chi connectivity index (χ4v) is 6.87. The quantitative estimate of drug-likeness (QED) is 0.832. The van der Waals surface area contributed by atoms with Crippen LogP contribution in [0.15, 0.2) is 47.4 Å². The molecule has 2 saturated carbocycles. The molecular formula is C21H26N2O2S. The second-order valence-electron chi connectivity index (χ2n) is 8.19. The molecule has 2 aliphatic carbocycles. The van der Waals surface area contributed by atoms with Gasteiger partial charge in [-0.1, -0.05) is 36.8 Å². The molecule has 138 valence electrons. The van der Waals surface area contributed by atoms with Crippen LogP contribution in [0.4, 0.5) is 0 Å². The molecule has 5 heteroatoms. The van der Waals surface area contributed by atoms with Gasteiger partial charge in [-0.15, -0.1) is 0 Å². The number of sulfonamides is 1. The van der Waals surface area contributed by atoms with E-state index in [-0.39, 0.29) is 0 Å². The topological polar surface area (TPSA) is 40.6 Å². The smallest absolute Gasteiger partial charge is 0.243 e. The fourth-order valence-electron chi connectivity index (χ4n) is 5.41. The summed E-state index contributed by atoms with van der Waals surface area (Å²) in [5.74, 6) is 1.80. The zero-order valence-corrected chi connectivity index (χ0v) is 15.9. The van der Waals surface area contributed by atoms with Crippen molar-refractivity contribution in [3.63, 3.8) is 0 Å². The van der Waals surface area contributed by atoms with E-state index in [0.29, 0.717) is 24.0 Å². The maximum atomic E-state index is 13.1. The second-order valence-corrected chi connectivity index (χ2v) is 10.1. The van der Waals surface area contributed by atoms with Crippen LogP contribution in [-0.4, -0.2) is 49.8 Å². The summed E-state index contributed by atoms with van der Waals surface area (Å²) >= 11 is 0. The number of piperazine rings is 1. The van der Waals surface area contributed by atoms with Crippen LogP contribution in [0.2, 0.25) is 0 Å². The first kappa shape index (κ1) is 16.7. The van der Waals surface area contributed by atoms with E-state index in [9.17, 15) is 8.42 Å². The van der Waals surface area contributed by atoms with Gasteiger partial charge in [0, 0.05) is 32.2 Å². The highest BCUT2D eigenvalue weighted by atomic mass is 32.2. The van der Waals surface area contributed by atoms with Crippen molar-refractivity contribution in [3.05, 3.63) is 42.5 Å². The van der Waals surface area contributed by atoms with Crippen LogP contribution in [-0.2, 0) is 10.0 Å². The van der Waals surface area contributed by atoms with E-state index >= 15 is 0 Å². The first-order valence-electron chi connectivity index (χ1n) is 9.84. The highest BCUT2D eigenvalue weighted by molar-refractivity contribution is 7.89. The Kier molecular flexibility index (Phi) is 4.07. The molecule has 3 fully saturated rings. The summed E-state index contributed by atoms with van der Waals surface area (Å²) in [4.78, 5) is 2.99. The van der Waals surface area contributed by atoms with Gasteiger partial charge in [0.2, 0.25) is 10.0 Å². The van der Waals surface area contributed by atoms with Crippen molar-refractivity contribution in [2.45, 2.75) is 36.6 Å². The predicted molar refractivity (Wildman–Crippen MR) is 104 cm³/mol. The molecule has 1 aliphatic heterocycles. The van der Waals surface area contributed by atoms with Crippen molar-refractivity contribution in [1.29, 1.82) is 0 Å². The molecule has 0 radical (unpaired) electrons. The van der Waals surface area contributed by atoms with Gasteiger partial charge in [0.1, 0.15) is 0 Å². The zero-order chi connectivity index (χ0) is 17.7. The van der Waals surface area contributed by atoms with Crippen LogP contribution in [0.1, 0.15) is 25.7 Å². The summed E-state index contributed by atoms with van der Waals surface area (Å²) in [6, 6.07) is 14.1. The summed E-state index contributed by atoms with van der Waals surface area (Å²) in [5.41, 5.74) is 0. The lowest BCUT2D eigenvalue weighted by Crippen LogP contribution is -2.53. The van der Waals surface area contributed by atoms with Crippen LogP contribution >= 0.6 is 0 Å². The Bertz CT molecular complexity index is 919. The Morgan fingerprint density at radius 1 is 0.846 bits per heavy atom. The summed E-state index contributed by atoms with van der Waals surface area (Å²) in [6.45, 7) is 2.98. The lowest BCUT2D eigenvalue weighted by molar-refractivity contribution is 0.101. The van der Waals surface area contributed by atoms with Crippen molar-refractivity contribution in [2.75, 3.05) is 26.2 Å². The molecule has 5 rings (SSSR count). The Morgan fingerprint density at radius 2 is 1.62 bits per heavy atom. The SMILES string of the molecule is O=S(=O)(c1ccc2ccccc2c1)N1CCN([C@H]2C[C@H]3CC[C@@H]2C3)CC1. The van der Waals surface area contributed by atoms with Crippen molar-refractivity contribution in [3.8, 4) is 0 Å². The van der Waals surface area contributed by atoms with Crippen LogP contribution < -0.4 is 0 Å². The van der Waals surface area contributed by atoms with Gasteiger partial charge in [-0.2, -0.15) is 4.31 Å². The highest BCUT2D eigenvalue weighted by Gasteiger charge is 2.43. The van der Waals surface area contributed by atoms with Gasteiger partial charge < -0.3 is 0 Å². The van der Waals surface area contributed by atoms with Crippen LogP contribution in [0.25, 0.3) is 10.8 Å². The number of nitrogens with zero attached hydrogens (tertiary/aromatic N) is 2. The van der Waals surface area contributed by atoms with Crippen LogP contribution in [0.5, 0.6) is 0 Å². The van der Waals surface area contributed by atoms with E-state index in [0.717, 1.165) is 35.7 Å². The highest BCUT2D eigenvalue weighted by Crippen LogP contribution is 2.46. The molecule has 2 aromatic carbocycles. The molecule has 26 heavy (non-hydrogen) atoms. The molecule has 0 N–H and O–H groups in total. The molecule has 0 amide bonds. The third-order valence-corrected chi connectivity index (χ3v) is 8.70. The van der Waals surface area contributed by atoms with Crippen molar-refractivity contribution < 1.29 is 8.42 Å². The number of hydrogen-bond donors (Lipinski definition) is 0. The minimum atomic E-state index is -3.40. The van der Waals surface area contributed by atoms with Gasteiger partial charge in [0.15, 0.2) is 0 Å². The van der Waals surface area contributed by atoms with Gasteiger partial charge in [0.25, 0.3) is 0 Å². The summed E-state index contributed by atoms with van der Waals surface area (Å²) in [6.07, 6.45) is 5.53. The van der Waals surface area contributed by atoms with Crippen molar-refractivity contribution >= 4 is 20.8 Å². The molecular weight excluding hydrogens is 344 g/mol. The van der Waals surface area contributed by atoms with E-state index < -0.39 is 10.0 Å². The Hall–Kier alpha value is -1.43. The molecule has 3 atom stereocenters. The van der Waals surface area contributed by atoms with Gasteiger partial charge in [-0.25, -0.2) is 8.42 Å². The van der Waals surface area contributed by atoms with E-state index in [1.165, 1.54) is 25.7 Å². The van der Waals surface area contributed by atoms with E-state index in [2.05, 4.69) is 4.90 Å². The zero-order valence-electron chi connectivity index (χ0n) is 15.0. The Morgan fingerprint density at radius 3 is 2.31 bits per heavy atom. The molecule has 0 unspecified atom stereocenters. The summed E-state index contributed by atoms with van der Waals surface area (Å²) in [5, 5.41) is 2.06. The van der Waals surface area contributed by atoms with Gasteiger partial charge in [0.05, 0.1) is 4.90 Å². The monoisotopic (exact) mass is 370 g/mol. The third kappa shape index (κ3) is 2.77. The minimum absolute atomic E-state index is 0.421. The lowest BCUT2D eigenvalue weighted by Gasteiger charge is -2.40. The van der Waals surface area contributed by atoms with Gasteiger partial charge in [-0.05, 0) is 54.0 Å². The maximum absolute atomic E-state index is 13.1. The third-order valence-electron chi connectivity index (χ3n) is 6.80. The number of rotatable bonds is 3. The predicted octanol–water partition coefficient (Wildman–Crippen LogP) is 3.33. The van der Waals surface area contributed by atoms with Crippen LogP contribution in [0, 0.1) is 11.8 Å². The second kappa shape index (κ2) is 6.32. The largest absolute Gasteiger partial charge is 0.297 e. The van der Waals surface area contributed by atoms with E-state index in [1.54, 1.807) is 10.4 Å². The minimum Gasteiger partial charge on any atom is -0.297 e. The average molecular weight is 371 g/mol. The molecule has 3 aliphatic rings. The van der Waals surface area contributed by atoms with Crippen LogP contribution in [0.3, 0.4) is 0 Å². The van der Waals surface area contributed by atoms with Crippen molar-refractivity contribution in [2.24, 2.45) is 11.8 Å². The molecule has 2 aromatic rings. The fraction of sp³-hybridized carbons (Fsp3) is 0.524. The first-order chi connectivity index (χ1) is 12.6. The average Bonchev–Trinajstić information content (AvgIpc) is 3.31. The molecule has 0 spiro atoms. The van der Waals surface area contributed by atoms with E-state index in [1.807, 2.05) is 36.4 Å².